The van der Waals surface area contributed by atoms with Crippen LogP contribution in [0.4, 0.5) is 17.5 Å². The van der Waals surface area contributed by atoms with E-state index in [4.69, 9.17) is 0 Å². The molecule has 1 heterocycles. The van der Waals surface area contributed by atoms with E-state index >= 15 is 0 Å². The van der Waals surface area contributed by atoms with Crippen LogP contribution in [0.1, 0.15) is 0 Å². The predicted octanol–water partition coefficient (Wildman–Crippen LogP) is 3.57. The molecule has 0 aliphatic carbocycles. The van der Waals surface area contributed by atoms with E-state index in [1.54, 1.807) is 18.2 Å². The van der Waals surface area contributed by atoms with Crippen LogP contribution in [-0.2, 0) is 0 Å². The van der Waals surface area contributed by atoms with E-state index in [0.717, 1.165) is 30.0 Å². The maximum Gasteiger partial charge on any atom is 0.225 e. The van der Waals surface area contributed by atoms with Gasteiger partial charge in [0.2, 0.25) is 5.95 Å². The SMILES string of the molecule is CN(C)CCNc1nc(Nc2cccc(O)c2)cc(-c2ccccc2)n1. The van der Waals surface area contributed by atoms with E-state index in [-0.39, 0.29) is 5.75 Å². The van der Waals surface area contributed by atoms with E-state index in [1.165, 1.54) is 0 Å². The van der Waals surface area contributed by atoms with Crippen molar-refractivity contribution in [3.05, 3.63) is 60.7 Å². The van der Waals surface area contributed by atoms with Crippen molar-refractivity contribution in [3.63, 3.8) is 0 Å². The summed E-state index contributed by atoms with van der Waals surface area (Å²) >= 11 is 0. The Balaban J connectivity index is 1.89. The van der Waals surface area contributed by atoms with Crippen molar-refractivity contribution in [3.8, 4) is 17.0 Å². The Morgan fingerprint density at radius 3 is 2.50 bits per heavy atom. The third-order valence-electron chi connectivity index (χ3n) is 3.76. The van der Waals surface area contributed by atoms with Crippen molar-refractivity contribution in [1.82, 2.24) is 14.9 Å². The minimum atomic E-state index is 0.205. The molecule has 2 aromatic carbocycles. The molecule has 3 aromatic rings. The summed E-state index contributed by atoms with van der Waals surface area (Å²) in [6.07, 6.45) is 0. The maximum atomic E-state index is 9.66. The molecule has 0 aliphatic heterocycles. The molecule has 0 radical (unpaired) electrons. The molecule has 0 saturated carbocycles. The van der Waals surface area contributed by atoms with Crippen molar-refractivity contribution >= 4 is 17.5 Å². The monoisotopic (exact) mass is 349 g/mol. The van der Waals surface area contributed by atoms with Crippen LogP contribution in [0.5, 0.6) is 5.75 Å². The summed E-state index contributed by atoms with van der Waals surface area (Å²) in [5.74, 6) is 1.43. The second kappa shape index (κ2) is 8.31. The molecule has 0 amide bonds. The summed E-state index contributed by atoms with van der Waals surface area (Å²) in [6, 6.07) is 18.8. The van der Waals surface area contributed by atoms with Crippen LogP contribution in [-0.4, -0.2) is 47.2 Å². The minimum absolute atomic E-state index is 0.205. The topological polar surface area (TPSA) is 73.3 Å². The Bertz CT molecular complexity index is 852. The van der Waals surface area contributed by atoms with Crippen LogP contribution in [0.15, 0.2) is 60.7 Å². The zero-order valence-corrected chi connectivity index (χ0v) is 15.0. The average Bonchev–Trinajstić information content (AvgIpc) is 2.62. The number of anilines is 3. The van der Waals surface area contributed by atoms with Gasteiger partial charge in [-0.1, -0.05) is 36.4 Å². The van der Waals surface area contributed by atoms with Gasteiger partial charge < -0.3 is 20.6 Å². The largest absolute Gasteiger partial charge is 0.508 e. The van der Waals surface area contributed by atoms with E-state index in [0.29, 0.717) is 11.8 Å². The second-order valence-electron chi connectivity index (χ2n) is 6.23. The number of aromatic hydroxyl groups is 1. The second-order valence-corrected chi connectivity index (χ2v) is 6.23. The van der Waals surface area contributed by atoms with Gasteiger partial charge in [-0.25, -0.2) is 4.98 Å². The Morgan fingerprint density at radius 1 is 0.962 bits per heavy atom. The first-order chi connectivity index (χ1) is 12.6. The number of phenols is 1. The molecule has 6 nitrogen and oxygen atoms in total. The van der Waals surface area contributed by atoms with Crippen LogP contribution in [0.25, 0.3) is 11.3 Å². The van der Waals surface area contributed by atoms with Crippen LogP contribution in [0.3, 0.4) is 0 Å². The van der Waals surface area contributed by atoms with Crippen molar-refractivity contribution in [2.75, 3.05) is 37.8 Å². The van der Waals surface area contributed by atoms with Crippen molar-refractivity contribution in [2.45, 2.75) is 0 Å². The fourth-order valence-corrected chi connectivity index (χ4v) is 2.47. The molecule has 0 spiro atoms. The summed E-state index contributed by atoms with van der Waals surface area (Å²) in [4.78, 5) is 11.3. The van der Waals surface area contributed by atoms with Gasteiger partial charge in [0.15, 0.2) is 0 Å². The smallest absolute Gasteiger partial charge is 0.225 e. The van der Waals surface area contributed by atoms with E-state index in [2.05, 4.69) is 25.5 Å². The van der Waals surface area contributed by atoms with Gasteiger partial charge in [-0.3, -0.25) is 0 Å². The first-order valence-corrected chi connectivity index (χ1v) is 8.49. The van der Waals surface area contributed by atoms with Crippen molar-refractivity contribution < 1.29 is 5.11 Å². The Hall–Kier alpha value is -3.12. The number of hydrogen-bond donors (Lipinski definition) is 3. The van der Waals surface area contributed by atoms with Crippen LogP contribution in [0.2, 0.25) is 0 Å². The lowest BCUT2D eigenvalue weighted by Crippen LogP contribution is -2.21. The Morgan fingerprint density at radius 2 is 1.77 bits per heavy atom. The van der Waals surface area contributed by atoms with Crippen LogP contribution >= 0.6 is 0 Å². The molecule has 134 valence electrons. The first-order valence-electron chi connectivity index (χ1n) is 8.49. The lowest BCUT2D eigenvalue weighted by molar-refractivity contribution is 0.425. The average molecular weight is 349 g/mol. The number of phenolic OH excluding ortho intramolecular Hbond substituents is 1. The van der Waals surface area contributed by atoms with Gasteiger partial charge in [0.25, 0.3) is 0 Å². The zero-order valence-electron chi connectivity index (χ0n) is 15.0. The van der Waals surface area contributed by atoms with Gasteiger partial charge >= 0.3 is 0 Å². The van der Waals surface area contributed by atoms with Gasteiger partial charge in [0.05, 0.1) is 5.69 Å². The number of aromatic nitrogens is 2. The lowest BCUT2D eigenvalue weighted by Gasteiger charge is -2.13. The number of nitrogens with one attached hydrogen (secondary N) is 2. The standard InChI is InChI=1S/C20H23N5O/c1-25(2)12-11-21-20-23-18(15-7-4-3-5-8-15)14-19(24-20)22-16-9-6-10-17(26)13-16/h3-10,13-14,26H,11-12H2,1-2H3,(H2,21,22,23,24). The molecular weight excluding hydrogens is 326 g/mol. The van der Waals surface area contributed by atoms with Gasteiger partial charge in [0, 0.05) is 36.5 Å². The molecule has 1 aromatic heterocycles. The predicted molar refractivity (Wildman–Crippen MR) is 106 cm³/mol. The molecule has 3 N–H and O–H groups in total. The molecule has 26 heavy (non-hydrogen) atoms. The summed E-state index contributed by atoms with van der Waals surface area (Å²) in [5.41, 5.74) is 2.61. The van der Waals surface area contributed by atoms with Gasteiger partial charge in [-0.05, 0) is 26.2 Å². The van der Waals surface area contributed by atoms with Crippen LogP contribution in [0, 0.1) is 0 Å². The molecule has 0 unspecified atom stereocenters. The Labute approximate surface area is 153 Å². The zero-order chi connectivity index (χ0) is 18.4. The molecular formula is C20H23N5O. The summed E-state index contributed by atoms with van der Waals surface area (Å²) < 4.78 is 0. The highest BCUT2D eigenvalue weighted by Crippen LogP contribution is 2.24. The number of likely N-dealkylation sites (N-methyl/N-ethyl adjacent to an activating group) is 1. The molecule has 3 rings (SSSR count). The van der Waals surface area contributed by atoms with E-state index < -0.39 is 0 Å². The minimum Gasteiger partial charge on any atom is -0.508 e. The number of hydrogen-bond acceptors (Lipinski definition) is 6. The molecule has 0 bridgehead atoms. The van der Waals surface area contributed by atoms with Crippen molar-refractivity contribution in [1.29, 1.82) is 0 Å². The maximum absolute atomic E-state index is 9.66. The Kier molecular flexibility index (Phi) is 5.66. The van der Waals surface area contributed by atoms with Gasteiger partial charge in [0.1, 0.15) is 11.6 Å². The summed E-state index contributed by atoms with van der Waals surface area (Å²) in [7, 11) is 4.05. The fourth-order valence-electron chi connectivity index (χ4n) is 2.47. The highest BCUT2D eigenvalue weighted by atomic mass is 16.3. The third-order valence-corrected chi connectivity index (χ3v) is 3.76. The van der Waals surface area contributed by atoms with Crippen LogP contribution < -0.4 is 10.6 Å². The van der Waals surface area contributed by atoms with Gasteiger partial charge in [-0.2, -0.15) is 4.98 Å². The first kappa shape index (κ1) is 17.7. The molecule has 0 saturated heterocycles. The van der Waals surface area contributed by atoms with E-state index in [9.17, 15) is 5.11 Å². The molecule has 0 atom stereocenters. The highest BCUT2D eigenvalue weighted by Gasteiger charge is 2.07. The van der Waals surface area contributed by atoms with E-state index in [1.807, 2.05) is 56.6 Å². The fraction of sp³-hybridized carbons (Fsp3) is 0.200. The lowest BCUT2D eigenvalue weighted by atomic mass is 10.1. The molecule has 0 fully saturated rings. The third kappa shape index (κ3) is 4.94. The number of rotatable bonds is 7. The summed E-state index contributed by atoms with van der Waals surface area (Å²) in [6.45, 7) is 1.63. The molecule has 0 aliphatic rings. The highest BCUT2D eigenvalue weighted by molar-refractivity contribution is 5.67. The normalized spacial score (nSPS) is 10.7. The molecule has 6 heteroatoms. The quantitative estimate of drug-likeness (QED) is 0.606. The number of nitrogens with zero attached hydrogens (tertiary/aromatic N) is 3. The number of benzene rings is 2. The van der Waals surface area contributed by atoms with Crippen molar-refractivity contribution in [2.24, 2.45) is 0 Å². The summed E-state index contributed by atoms with van der Waals surface area (Å²) in [5, 5.41) is 16.2. The van der Waals surface area contributed by atoms with Gasteiger partial charge in [-0.15, -0.1) is 0 Å².